The molecule has 0 bridgehead atoms. The normalized spacial score (nSPS) is 9.67. The first kappa shape index (κ1) is 11.6. The number of hydrogen-bond donors (Lipinski definition) is 3. The van der Waals surface area contributed by atoms with Gasteiger partial charge in [0, 0.05) is 5.38 Å². The average molecular weight is 228 g/mol. The minimum Gasteiger partial charge on any atom is -0.349 e. The molecule has 2 amide bonds. The molecule has 15 heavy (non-hydrogen) atoms. The van der Waals surface area contributed by atoms with Crippen LogP contribution in [0.25, 0.3) is 0 Å². The second kappa shape index (κ2) is 6.10. The van der Waals surface area contributed by atoms with Gasteiger partial charge in [0.1, 0.15) is 0 Å². The molecule has 0 radical (unpaired) electrons. The van der Waals surface area contributed by atoms with E-state index in [0.717, 1.165) is 5.69 Å². The molecular formula is C8H12N4O2S. The Kier molecular flexibility index (Phi) is 4.72. The summed E-state index contributed by atoms with van der Waals surface area (Å²) in [7, 11) is 0. The number of rotatable bonds is 5. The van der Waals surface area contributed by atoms with Crippen molar-refractivity contribution in [3.05, 3.63) is 16.6 Å². The summed E-state index contributed by atoms with van der Waals surface area (Å²) in [6.45, 7) is 0.209. The van der Waals surface area contributed by atoms with Crippen molar-refractivity contribution in [3.63, 3.8) is 0 Å². The van der Waals surface area contributed by atoms with Gasteiger partial charge < -0.3 is 16.4 Å². The van der Waals surface area contributed by atoms with Gasteiger partial charge in [0.15, 0.2) is 0 Å². The molecule has 6 nitrogen and oxygen atoms in total. The minimum absolute atomic E-state index is 0.0554. The van der Waals surface area contributed by atoms with Gasteiger partial charge in [-0.1, -0.05) is 0 Å². The Bertz CT molecular complexity index is 325. The summed E-state index contributed by atoms with van der Waals surface area (Å²) < 4.78 is 0. The Morgan fingerprint density at radius 1 is 1.40 bits per heavy atom. The summed E-state index contributed by atoms with van der Waals surface area (Å²) in [5, 5.41) is 6.83. The number of nitrogens with one attached hydrogen (secondary N) is 2. The molecule has 0 aromatic carbocycles. The van der Waals surface area contributed by atoms with Crippen LogP contribution in [0.3, 0.4) is 0 Å². The predicted molar refractivity (Wildman–Crippen MR) is 56.0 cm³/mol. The highest BCUT2D eigenvalue weighted by molar-refractivity contribution is 7.07. The third-order valence-electron chi connectivity index (χ3n) is 1.58. The number of nitrogens with zero attached hydrogens (tertiary/aromatic N) is 1. The van der Waals surface area contributed by atoms with E-state index in [-0.39, 0.29) is 24.9 Å². The molecule has 1 heterocycles. The second-order valence-corrected chi connectivity index (χ2v) is 3.46. The van der Waals surface area contributed by atoms with Gasteiger partial charge in [0.2, 0.25) is 11.8 Å². The number of nitrogens with two attached hydrogens (primary N) is 1. The monoisotopic (exact) mass is 228 g/mol. The number of aromatic nitrogens is 1. The van der Waals surface area contributed by atoms with Crippen molar-refractivity contribution in [3.8, 4) is 0 Å². The quantitative estimate of drug-likeness (QED) is 0.592. The lowest BCUT2D eigenvalue weighted by Gasteiger charge is -2.04. The molecule has 1 aromatic rings. The zero-order valence-electron chi connectivity index (χ0n) is 8.03. The summed E-state index contributed by atoms with van der Waals surface area (Å²) in [5.41, 5.74) is 7.55. The fourth-order valence-corrected chi connectivity index (χ4v) is 1.39. The maximum absolute atomic E-state index is 11.2. The zero-order valence-corrected chi connectivity index (χ0v) is 8.84. The Balaban J connectivity index is 2.16. The molecule has 0 spiro atoms. The lowest BCUT2D eigenvalue weighted by atomic mass is 10.4. The number of thiazole rings is 1. The van der Waals surface area contributed by atoms with Crippen molar-refractivity contribution in [2.24, 2.45) is 5.73 Å². The largest absolute Gasteiger partial charge is 0.349 e. The smallest absolute Gasteiger partial charge is 0.239 e. The van der Waals surface area contributed by atoms with Crippen molar-refractivity contribution < 1.29 is 9.59 Å². The maximum Gasteiger partial charge on any atom is 0.239 e. The Morgan fingerprint density at radius 3 is 2.80 bits per heavy atom. The van der Waals surface area contributed by atoms with E-state index < -0.39 is 0 Å². The zero-order chi connectivity index (χ0) is 11.1. The van der Waals surface area contributed by atoms with Crippen molar-refractivity contribution in [1.82, 2.24) is 15.6 Å². The summed E-state index contributed by atoms with van der Waals surface area (Å²) in [6.07, 6.45) is 0. The summed E-state index contributed by atoms with van der Waals surface area (Å²) in [6, 6.07) is 0. The van der Waals surface area contributed by atoms with E-state index in [1.165, 1.54) is 11.3 Å². The van der Waals surface area contributed by atoms with E-state index in [4.69, 9.17) is 5.73 Å². The van der Waals surface area contributed by atoms with Gasteiger partial charge in [-0.05, 0) is 0 Å². The highest BCUT2D eigenvalue weighted by Gasteiger charge is 2.03. The molecule has 0 unspecified atom stereocenters. The minimum atomic E-state index is -0.348. The molecule has 0 fully saturated rings. The third-order valence-corrected chi connectivity index (χ3v) is 2.22. The van der Waals surface area contributed by atoms with Crippen LogP contribution in [0.4, 0.5) is 0 Å². The van der Waals surface area contributed by atoms with Gasteiger partial charge >= 0.3 is 0 Å². The molecule has 0 aliphatic heterocycles. The van der Waals surface area contributed by atoms with Crippen LogP contribution in [0.1, 0.15) is 5.69 Å². The van der Waals surface area contributed by atoms with E-state index in [9.17, 15) is 9.59 Å². The van der Waals surface area contributed by atoms with Gasteiger partial charge in [-0.2, -0.15) is 0 Å². The van der Waals surface area contributed by atoms with E-state index in [1.807, 2.05) is 5.38 Å². The topological polar surface area (TPSA) is 97.1 Å². The Morgan fingerprint density at radius 2 is 2.20 bits per heavy atom. The van der Waals surface area contributed by atoms with Crippen LogP contribution >= 0.6 is 11.3 Å². The van der Waals surface area contributed by atoms with Gasteiger partial charge in [-0.3, -0.25) is 9.59 Å². The van der Waals surface area contributed by atoms with Gasteiger partial charge in [-0.15, -0.1) is 11.3 Å². The van der Waals surface area contributed by atoms with E-state index in [0.29, 0.717) is 6.54 Å². The molecule has 0 aliphatic rings. The van der Waals surface area contributed by atoms with Crippen LogP contribution in [0.15, 0.2) is 10.9 Å². The van der Waals surface area contributed by atoms with Gasteiger partial charge in [-0.25, -0.2) is 4.98 Å². The van der Waals surface area contributed by atoms with Crippen molar-refractivity contribution >= 4 is 23.2 Å². The molecule has 0 atom stereocenters. The molecule has 4 N–H and O–H groups in total. The van der Waals surface area contributed by atoms with E-state index in [1.54, 1.807) is 5.51 Å². The predicted octanol–water partition coefficient (Wildman–Crippen LogP) is -1.17. The van der Waals surface area contributed by atoms with Crippen molar-refractivity contribution in [2.45, 2.75) is 6.54 Å². The first-order valence-corrected chi connectivity index (χ1v) is 5.27. The van der Waals surface area contributed by atoms with Crippen molar-refractivity contribution in [2.75, 3.05) is 13.1 Å². The van der Waals surface area contributed by atoms with Crippen molar-refractivity contribution in [1.29, 1.82) is 0 Å². The van der Waals surface area contributed by atoms with E-state index >= 15 is 0 Å². The standard InChI is InChI=1S/C8H12N4O2S/c9-1-7(13)11-3-8(14)10-2-6-4-15-5-12-6/h4-5H,1-3,9H2,(H,10,14)(H,11,13). The van der Waals surface area contributed by atoms with Crippen LogP contribution in [0.2, 0.25) is 0 Å². The van der Waals surface area contributed by atoms with Crippen LogP contribution in [-0.2, 0) is 16.1 Å². The molecule has 0 aliphatic carbocycles. The average Bonchev–Trinajstić information content (AvgIpc) is 2.75. The van der Waals surface area contributed by atoms with Crippen LogP contribution < -0.4 is 16.4 Å². The lowest BCUT2D eigenvalue weighted by molar-refractivity contribution is -0.125. The van der Waals surface area contributed by atoms with Crippen LogP contribution in [-0.4, -0.2) is 29.9 Å². The maximum atomic E-state index is 11.2. The van der Waals surface area contributed by atoms with Gasteiger partial charge in [0.25, 0.3) is 0 Å². The van der Waals surface area contributed by atoms with Crippen LogP contribution in [0, 0.1) is 0 Å². The molecule has 1 rings (SSSR count). The molecule has 0 saturated carbocycles. The number of carbonyl (C=O) groups excluding carboxylic acids is 2. The van der Waals surface area contributed by atoms with Crippen LogP contribution in [0.5, 0.6) is 0 Å². The molecule has 7 heteroatoms. The third kappa shape index (κ3) is 4.52. The first-order chi connectivity index (χ1) is 7.22. The number of carbonyl (C=O) groups is 2. The molecule has 1 aromatic heterocycles. The molecule has 0 saturated heterocycles. The summed E-state index contributed by atoms with van der Waals surface area (Å²) >= 11 is 1.46. The lowest BCUT2D eigenvalue weighted by Crippen LogP contribution is -2.39. The SMILES string of the molecule is NCC(=O)NCC(=O)NCc1cscn1. The fourth-order valence-electron chi connectivity index (χ4n) is 0.828. The molecular weight excluding hydrogens is 216 g/mol. The second-order valence-electron chi connectivity index (χ2n) is 2.74. The highest BCUT2D eigenvalue weighted by atomic mass is 32.1. The Labute approximate surface area is 90.9 Å². The highest BCUT2D eigenvalue weighted by Crippen LogP contribution is 1.99. The molecule has 82 valence electrons. The number of amides is 2. The summed E-state index contributed by atoms with van der Waals surface area (Å²) in [5.74, 6) is -0.608. The van der Waals surface area contributed by atoms with E-state index in [2.05, 4.69) is 15.6 Å². The first-order valence-electron chi connectivity index (χ1n) is 4.33. The number of hydrogen-bond acceptors (Lipinski definition) is 5. The fraction of sp³-hybridized carbons (Fsp3) is 0.375. The Hall–Kier alpha value is -1.47. The summed E-state index contributed by atoms with van der Waals surface area (Å²) in [4.78, 5) is 25.9. The van der Waals surface area contributed by atoms with Gasteiger partial charge in [0.05, 0.1) is 30.8 Å².